The molecule has 0 amide bonds. The summed E-state index contributed by atoms with van der Waals surface area (Å²) in [5.74, 6) is -0.0730. The summed E-state index contributed by atoms with van der Waals surface area (Å²) in [6.45, 7) is 5.33. The molecule has 3 heteroatoms. The van der Waals surface area contributed by atoms with Gasteiger partial charge in [0.2, 0.25) is 0 Å². The van der Waals surface area contributed by atoms with E-state index in [1.165, 1.54) is 0 Å². The fourth-order valence-corrected chi connectivity index (χ4v) is 2.13. The van der Waals surface area contributed by atoms with Crippen molar-refractivity contribution < 1.29 is 14.9 Å². The molecule has 0 aromatic heterocycles. The molecule has 0 spiro atoms. The highest BCUT2D eigenvalue weighted by atomic mass is 16.5. The first-order chi connectivity index (χ1) is 8.61. The number of allylic oxidation sites excluding steroid dienone is 1. The van der Waals surface area contributed by atoms with E-state index in [1.54, 1.807) is 6.08 Å². The Morgan fingerprint density at radius 3 is 2.78 bits per heavy atom. The maximum absolute atomic E-state index is 9.99. The number of hydrogen-bond donors (Lipinski definition) is 2. The summed E-state index contributed by atoms with van der Waals surface area (Å²) in [6.07, 6.45) is 8.40. The summed E-state index contributed by atoms with van der Waals surface area (Å²) in [5, 5.41) is 19.8. The van der Waals surface area contributed by atoms with Gasteiger partial charge in [0.1, 0.15) is 0 Å². The summed E-state index contributed by atoms with van der Waals surface area (Å²) in [5.41, 5.74) is 1.11. The molecule has 2 N–H and O–H groups in total. The Kier molecular flexibility index (Phi) is 7.25. The molecule has 1 aliphatic rings. The van der Waals surface area contributed by atoms with Crippen LogP contribution in [-0.2, 0) is 4.74 Å². The van der Waals surface area contributed by atoms with Gasteiger partial charge in [0, 0.05) is 12.5 Å². The van der Waals surface area contributed by atoms with Crippen molar-refractivity contribution in [2.24, 2.45) is 5.92 Å². The summed E-state index contributed by atoms with van der Waals surface area (Å²) in [4.78, 5) is 0. The molecule has 0 fully saturated rings. The summed E-state index contributed by atoms with van der Waals surface area (Å²) < 4.78 is 5.57. The van der Waals surface area contributed by atoms with E-state index in [0.29, 0.717) is 6.61 Å². The largest absolute Gasteiger partial charge is 0.389 e. The zero-order valence-corrected chi connectivity index (χ0v) is 11.5. The highest BCUT2D eigenvalue weighted by Crippen LogP contribution is 2.14. The van der Waals surface area contributed by atoms with E-state index in [4.69, 9.17) is 4.74 Å². The van der Waals surface area contributed by atoms with Crippen LogP contribution in [0.1, 0.15) is 39.5 Å². The van der Waals surface area contributed by atoms with E-state index in [2.05, 4.69) is 0 Å². The van der Waals surface area contributed by atoms with Crippen LogP contribution in [0.4, 0.5) is 0 Å². The minimum absolute atomic E-state index is 0.0730. The molecule has 3 atom stereocenters. The van der Waals surface area contributed by atoms with Gasteiger partial charge in [0.05, 0.1) is 18.8 Å². The molecule has 104 valence electrons. The number of hydrogen-bond acceptors (Lipinski definition) is 3. The van der Waals surface area contributed by atoms with E-state index in [0.717, 1.165) is 37.9 Å². The zero-order valence-electron chi connectivity index (χ0n) is 11.5. The molecular weight excluding hydrogens is 228 g/mol. The van der Waals surface area contributed by atoms with Crippen molar-refractivity contribution in [1.82, 2.24) is 0 Å². The van der Waals surface area contributed by atoms with E-state index < -0.39 is 12.2 Å². The fraction of sp³-hybridized carbons (Fsp3) is 0.733. The number of ether oxygens (including phenoxy) is 1. The molecule has 18 heavy (non-hydrogen) atoms. The van der Waals surface area contributed by atoms with E-state index in [-0.39, 0.29) is 5.92 Å². The molecule has 1 rings (SSSR count). The molecule has 0 aliphatic carbocycles. The second kappa shape index (κ2) is 8.46. The highest BCUT2D eigenvalue weighted by molar-refractivity contribution is 5.05. The Balaban J connectivity index is 2.64. The molecule has 0 saturated heterocycles. The fourth-order valence-electron chi connectivity index (χ4n) is 2.13. The first kappa shape index (κ1) is 15.4. The quantitative estimate of drug-likeness (QED) is 0.653. The molecule has 0 aromatic carbocycles. The van der Waals surface area contributed by atoms with Crippen molar-refractivity contribution in [3.63, 3.8) is 0 Å². The van der Waals surface area contributed by atoms with Gasteiger partial charge in [-0.25, -0.2) is 0 Å². The Morgan fingerprint density at radius 2 is 2.00 bits per heavy atom. The molecule has 0 unspecified atom stereocenters. The molecule has 3 nitrogen and oxygen atoms in total. The minimum atomic E-state index is -0.784. The highest BCUT2D eigenvalue weighted by Gasteiger charge is 2.19. The topological polar surface area (TPSA) is 49.7 Å². The average Bonchev–Trinajstić information content (AvgIpc) is 2.34. The SMILES string of the molecule is C/C1=C/[C@@H](C)[C@H](O)[C@@H](O)/C=C/CCCCCOC1. The van der Waals surface area contributed by atoms with Gasteiger partial charge in [-0.05, 0) is 26.2 Å². The molecule has 1 heterocycles. The standard InChI is InChI=1S/C15H26O3/c1-12-10-13(2)15(17)14(16)8-6-4-3-5-7-9-18-11-12/h6,8,10,13-17H,3-5,7,9,11H2,1-2H3/b8-6+,12-10-/t13-,14+,15+/m1/s1. The van der Waals surface area contributed by atoms with Crippen LogP contribution in [-0.4, -0.2) is 35.6 Å². The Bertz CT molecular complexity index is 283. The maximum atomic E-state index is 9.99. The lowest BCUT2D eigenvalue weighted by Gasteiger charge is -2.20. The van der Waals surface area contributed by atoms with Crippen molar-refractivity contribution in [2.45, 2.75) is 51.7 Å². The van der Waals surface area contributed by atoms with Gasteiger partial charge >= 0.3 is 0 Å². The molecule has 0 radical (unpaired) electrons. The third-order valence-electron chi connectivity index (χ3n) is 3.26. The summed E-state index contributed by atoms with van der Waals surface area (Å²) >= 11 is 0. The first-order valence-electron chi connectivity index (χ1n) is 6.89. The monoisotopic (exact) mass is 254 g/mol. The van der Waals surface area contributed by atoms with Crippen LogP contribution < -0.4 is 0 Å². The number of aliphatic hydroxyl groups excluding tert-OH is 2. The normalized spacial score (nSPS) is 37.3. The molecule has 0 saturated carbocycles. The Hall–Kier alpha value is -0.640. The molecular formula is C15H26O3. The van der Waals surface area contributed by atoms with Crippen LogP contribution in [0.2, 0.25) is 0 Å². The van der Waals surface area contributed by atoms with E-state index >= 15 is 0 Å². The van der Waals surface area contributed by atoms with Crippen LogP contribution in [0.15, 0.2) is 23.8 Å². The van der Waals surface area contributed by atoms with Gasteiger partial charge in [-0.3, -0.25) is 0 Å². The predicted molar refractivity (Wildman–Crippen MR) is 73.4 cm³/mol. The summed E-state index contributed by atoms with van der Waals surface area (Å²) in [6, 6.07) is 0. The minimum Gasteiger partial charge on any atom is -0.389 e. The average molecular weight is 254 g/mol. The van der Waals surface area contributed by atoms with Crippen molar-refractivity contribution >= 4 is 0 Å². The smallest absolute Gasteiger partial charge is 0.0985 e. The Labute approximate surface area is 110 Å². The molecule has 0 aromatic rings. The van der Waals surface area contributed by atoms with Crippen LogP contribution in [0.3, 0.4) is 0 Å². The van der Waals surface area contributed by atoms with Gasteiger partial charge < -0.3 is 14.9 Å². The van der Waals surface area contributed by atoms with Gasteiger partial charge in [-0.15, -0.1) is 0 Å². The lowest BCUT2D eigenvalue weighted by molar-refractivity contribution is 0.0251. The van der Waals surface area contributed by atoms with Crippen LogP contribution in [0.25, 0.3) is 0 Å². The van der Waals surface area contributed by atoms with Gasteiger partial charge in [0.15, 0.2) is 0 Å². The maximum Gasteiger partial charge on any atom is 0.0985 e. The number of aliphatic hydroxyl groups is 2. The van der Waals surface area contributed by atoms with Crippen molar-refractivity contribution in [3.8, 4) is 0 Å². The van der Waals surface area contributed by atoms with Crippen molar-refractivity contribution in [1.29, 1.82) is 0 Å². The summed E-state index contributed by atoms with van der Waals surface area (Å²) in [7, 11) is 0. The molecule has 1 aliphatic heterocycles. The van der Waals surface area contributed by atoms with Crippen LogP contribution in [0, 0.1) is 5.92 Å². The molecule has 0 bridgehead atoms. The van der Waals surface area contributed by atoms with Crippen molar-refractivity contribution in [3.05, 3.63) is 23.8 Å². The third kappa shape index (κ3) is 5.80. The number of rotatable bonds is 0. The van der Waals surface area contributed by atoms with E-state index in [1.807, 2.05) is 26.0 Å². The first-order valence-corrected chi connectivity index (χ1v) is 6.89. The van der Waals surface area contributed by atoms with Crippen LogP contribution >= 0.6 is 0 Å². The second-order valence-corrected chi connectivity index (χ2v) is 5.18. The third-order valence-corrected chi connectivity index (χ3v) is 3.26. The van der Waals surface area contributed by atoms with Crippen LogP contribution in [0.5, 0.6) is 0 Å². The lowest BCUT2D eigenvalue weighted by atomic mass is 9.97. The van der Waals surface area contributed by atoms with Gasteiger partial charge in [-0.2, -0.15) is 0 Å². The lowest BCUT2D eigenvalue weighted by Crippen LogP contribution is -2.29. The second-order valence-electron chi connectivity index (χ2n) is 5.18. The van der Waals surface area contributed by atoms with E-state index in [9.17, 15) is 10.2 Å². The predicted octanol–water partition coefficient (Wildman–Crippen LogP) is 2.44. The van der Waals surface area contributed by atoms with Gasteiger partial charge in [-0.1, -0.05) is 37.1 Å². The van der Waals surface area contributed by atoms with Crippen molar-refractivity contribution in [2.75, 3.05) is 13.2 Å². The zero-order chi connectivity index (χ0) is 13.4. The van der Waals surface area contributed by atoms with Gasteiger partial charge in [0.25, 0.3) is 0 Å². The Morgan fingerprint density at radius 1 is 1.22 bits per heavy atom.